The van der Waals surface area contributed by atoms with Crippen LogP contribution in [0.3, 0.4) is 0 Å². The van der Waals surface area contributed by atoms with E-state index >= 15 is 0 Å². The molecule has 2 atom stereocenters. The van der Waals surface area contributed by atoms with Crippen molar-refractivity contribution in [3.8, 4) is 11.5 Å². The van der Waals surface area contributed by atoms with Crippen molar-refractivity contribution in [2.24, 2.45) is 5.41 Å². The summed E-state index contributed by atoms with van der Waals surface area (Å²) in [5.41, 5.74) is 8.69. The molecule has 284 valence electrons. The van der Waals surface area contributed by atoms with Gasteiger partial charge in [0.25, 0.3) is 0 Å². The summed E-state index contributed by atoms with van der Waals surface area (Å²) in [4.78, 5) is 39.1. The summed E-state index contributed by atoms with van der Waals surface area (Å²) in [6.07, 6.45) is 1.87. The van der Waals surface area contributed by atoms with Crippen molar-refractivity contribution >= 4 is 72.1 Å². The molecule has 4 rings (SSSR count). The average molecular weight is 777 g/mol. The quantitative estimate of drug-likeness (QED) is 0.0704. The van der Waals surface area contributed by atoms with E-state index in [1.165, 1.54) is 30.3 Å². The molecule has 3 aromatic rings. The normalized spacial score (nSPS) is 16.3. The number of carbonyl (C=O) groups excluding carboxylic acids is 1. The fourth-order valence-electron chi connectivity index (χ4n) is 6.14. The molecule has 0 aliphatic carbocycles. The Morgan fingerprint density at radius 1 is 1.08 bits per heavy atom. The number of nitrogens with one attached hydrogen (secondary N) is 1. The van der Waals surface area contributed by atoms with Crippen LogP contribution in [0.25, 0.3) is 0 Å². The Kier molecular flexibility index (Phi) is 13.2. The Balaban J connectivity index is 1.57. The molecule has 1 fully saturated rings. The molecule has 13 nitrogen and oxygen atoms in total. The molecular formula is C36H51Cl2N7O6Si. The highest BCUT2D eigenvalue weighted by Gasteiger charge is 2.39. The molecule has 0 radical (unpaired) electrons. The summed E-state index contributed by atoms with van der Waals surface area (Å²) in [6, 6.07) is 9.25. The van der Waals surface area contributed by atoms with Crippen molar-refractivity contribution in [2.45, 2.75) is 71.3 Å². The number of nitrogen functional groups attached to an aromatic ring is 1. The van der Waals surface area contributed by atoms with Crippen LogP contribution in [0.5, 0.6) is 11.5 Å². The Morgan fingerprint density at radius 2 is 1.73 bits per heavy atom. The Hall–Kier alpha value is -3.98. The number of methoxy groups -OCH3 is 2. The van der Waals surface area contributed by atoms with E-state index in [1.54, 1.807) is 24.1 Å². The van der Waals surface area contributed by atoms with Gasteiger partial charge >= 0.3 is 12.1 Å². The second-order valence-electron chi connectivity index (χ2n) is 15.2. The van der Waals surface area contributed by atoms with E-state index in [1.807, 2.05) is 18.2 Å². The van der Waals surface area contributed by atoms with Gasteiger partial charge in [-0.2, -0.15) is 0 Å². The summed E-state index contributed by atoms with van der Waals surface area (Å²) < 4.78 is 17.0. The van der Waals surface area contributed by atoms with Crippen molar-refractivity contribution in [3.05, 3.63) is 52.3 Å². The molecule has 2 unspecified atom stereocenters. The lowest BCUT2D eigenvalue weighted by Crippen LogP contribution is -2.51. The molecule has 16 heteroatoms. The Morgan fingerprint density at radius 3 is 2.29 bits per heavy atom. The second-order valence-corrected chi connectivity index (χ2v) is 21.6. The van der Waals surface area contributed by atoms with Crippen molar-refractivity contribution < 1.29 is 28.9 Å². The molecule has 1 aliphatic heterocycles. The molecule has 0 saturated carbocycles. The number of benzene rings is 2. The van der Waals surface area contributed by atoms with Gasteiger partial charge in [-0.25, -0.2) is 19.6 Å². The number of carboxylic acid groups (broad SMARTS) is 1. The number of piperidine rings is 1. The van der Waals surface area contributed by atoms with Gasteiger partial charge in [-0.15, -0.1) is 0 Å². The lowest BCUT2D eigenvalue weighted by Gasteiger charge is -2.44. The number of rotatable bonds is 12. The summed E-state index contributed by atoms with van der Waals surface area (Å²) in [7, 11) is 3.08. The number of aromatic nitrogens is 2. The smallest absolute Gasteiger partial charge is 0.407 e. The number of nitrogens with zero attached hydrogens (tertiary/aromatic N) is 5. The van der Waals surface area contributed by atoms with Crippen molar-refractivity contribution in [2.75, 3.05) is 62.0 Å². The molecule has 1 aromatic heterocycles. The lowest BCUT2D eigenvalue weighted by molar-refractivity contribution is 0.0526. The number of ether oxygens (including phenoxy) is 3. The molecular weight excluding hydrogens is 725 g/mol. The first-order chi connectivity index (χ1) is 24.4. The van der Waals surface area contributed by atoms with E-state index in [0.29, 0.717) is 43.2 Å². The zero-order valence-corrected chi connectivity index (χ0v) is 33.9. The number of halogens is 2. The van der Waals surface area contributed by atoms with Crippen molar-refractivity contribution in [3.63, 3.8) is 0 Å². The first kappa shape index (κ1) is 40.8. The van der Waals surface area contributed by atoms with Gasteiger partial charge in [0.2, 0.25) is 0 Å². The van der Waals surface area contributed by atoms with Gasteiger partial charge in [0.1, 0.15) is 46.2 Å². The zero-order chi connectivity index (χ0) is 38.5. The summed E-state index contributed by atoms with van der Waals surface area (Å²) in [6.45, 7) is 13.7. The van der Waals surface area contributed by atoms with Crippen LogP contribution in [0, 0.1) is 5.41 Å². The van der Waals surface area contributed by atoms with Crippen LogP contribution in [0.15, 0.2) is 36.7 Å². The largest absolute Gasteiger partial charge is 0.495 e. The number of nitrogens with two attached hydrogens (primary N) is 1. The number of anilines is 5. The van der Waals surface area contributed by atoms with Gasteiger partial charge in [0, 0.05) is 46.4 Å². The Bertz CT molecular complexity index is 1720. The van der Waals surface area contributed by atoms with Crippen LogP contribution >= 0.6 is 23.2 Å². The molecule has 0 spiro atoms. The van der Waals surface area contributed by atoms with Crippen LogP contribution in [-0.4, -0.2) is 87.4 Å². The van der Waals surface area contributed by atoms with Gasteiger partial charge < -0.3 is 35.3 Å². The first-order valence-corrected chi connectivity index (χ1v) is 21.5. The fraction of sp³-hybridized carbons (Fsp3) is 0.500. The highest BCUT2D eigenvalue weighted by molar-refractivity contribution is 6.76. The maximum absolute atomic E-state index is 14.2. The number of amides is 3. The van der Waals surface area contributed by atoms with Crippen molar-refractivity contribution in [1.29, 1.82) is 0 Å². The van der Waals surface area contributed by atoms with Gasteiger partial charge in [0.05, 0.1) is 31.3 Å². The third kappa shape index (κ3) is 9.71. The number of urea groups is 1. The van der Waals surface area contributed by atoms with E-state index in [2.05, 4.69) is 55.7 Å². The third-order valence-corrected chi connectivity index (χ3v) is 11.6. The van der Waals surface area contributed by atoms with E-state index in [9.17, 15) is 14.7 Å². The van der Waals surface area contributed by atoms with Crippen LogP contribution in [0.2, 0.25) is 35.7 Å². The van der Waals surface area contributed by atoms with E-state index < -0.39 is 20.2 Å². The maximum Gasteiger partial charge on any atom is 0.407 e. The Labute approximate surface area is 317 Å². The summed E-state index contributed by atoms with van der Waals surface area (Å²) in [5, 5.41) is 13.3. The number of carbonyl (C=O) groups is 2. The van der Waals surface area contributed by atoms with Gasteiger partial charge in [-0.1, -0.05) is 69.7 Å². The molecule has 4 N–H and O–H groups in total. The first-order valence-electron chi connectivity index (χ1n) is 17.1. The zero-order valence-electron chi connectivity index (χ0n) is 31.4. The topological polar surface area (TPSA) is 156 Å². The van der Waals surface area contributed by atoms with Crippen LogP contribution in [0.1, 0.15) is 45.1 Å². The fourth-order valence-corrected chi connectivity index (χ4v) is 7.60. The van der Waals surface area contributed by atoms with Gasteiger partial charge in [-0.05, 0) is 47.9 Å². The number of hydrogen-bond donors (Lipinski definition) is 3. The average Bonchev–Trinajstić information content (AvgIpc) is 3.08. The number of likely N-dealkylation sites (tertiary alicyclic amines) is 1. The SMILES string of the molecule is COc1cc(OC)c(Cl)c(N(COCC[Si](C)(C)C)C(=O)N(C)c2cc(Nc3ccc(C4CCN(C(=O)O)C(C(C)(C)C)C4)cc3N)ncn2)c1Cl. The second kappa shape index (κ2) is 16.8. The molecule has 2 heterocycles. The summed E-state index contributed by atoms with van der Waals surface area (Å²) >= 11 is 13.5. The molecule has 52 heavy (non-hydrogen) atoms. The van der Waals surface area contributed by atoms with Gasteiger partial charge in [0.15, 0.2) is 0 Å². The molecule has 2 aromatic carbocycles. The molecule has 3 amide bonds. The van der Waals surface area contributed by atoms with Crippen LogP contribution < -0.4 is 30.3 Å². The van der Waals surface area contributed by atoms with E-state index in [4.69, 9.17) is 43.1 Å². The molecule has 1 saturated heterocycles. The van der Waals surface area contributed by atoms with Gasteiger partial charge in [-0.3, -0.25) is 9.80 Å². The monoisotopic (exact) mass is 775 g/mol. The third-order valence-electron chi connectivity index (χ3n) is 9.21. The standard InChI is InChI=1S/C36H51Cl2N7O6Si/c1-36(2,3)28-17-23(12-13-44(28)35(47)48)22-10-11-25(24(39)16-22)42-29-19-30(41-20-40-29)43(4)34(46)45(21-51-14-15-52(7,8)9)33-31(37)26(49-5)18-27(50-6)32(33)38/h10-11,16,18-20,23,28H,12-15,17,21,39H2,1-9H3,(H,47,48)(H,40,41,42). The predicted molar refractivity (Wildman–Crippen MR) is 211 cm³/mol. The molecule has 1 aliphatic rings. The minimum Gasteiger partial charge on any atom is -0.495 e. The maximum atomic E-state index is 14.2. The van der Waals surface area contributed by atoms with E-state index in [-0.39, 0.29) is 57.2 Å². The highest BCUT2D eigenvalue weighted by atomic mass is 35.5. The van der Waals surface area contributed by atoms with Crippen molar-refractivity contribution in [1.82, 2.24) is 14.9 Å². The summed E-state index contributed by atoms with van der Waals surface area (Å²) in [5.74, 6) is 1.40. The van der Waals surface area contributed by atoms with Crippen LogP contribution in [-0.2, 0) is 4.74 Å². The number of hydrogen-bond acceptors (Lipinski definition) is 9. The molecule has 0 bridgehead atoms. The van der Waals surface area contributed by atoms with E-state index in [0.717, 1.165) is 11.6 Å². The van der Waals surface area contributed by atoms with Crippen LogP contribution in [0.4, 0.5) is 38.3 Å². The lowest BCUT2D eigenvalue weighted by atomic mass is 9.75. The predicted octanol–water partition coefficient (Wildman–Crippen LogP) is 8.77. The minimum absolute atomic E-state index is 0.118. The highest BCUT2D eigenvalue weighted by Crippen LogP contribution is 2.46. The minimum atomic E-state index is -1.42.